The van der Waals surface area contributed by atoms with Gasteiger partial charge in [-0.15, -0.1) is 0 Å². The van der Waals surface area contributed by atoms with Gasteiger partial charge in [0.15, 0.2) is 0 Å². The zero-order chi connectivity index (χ0) is 13.0. The summed E-state index contributed by atoms with van der Waals surface area (Å²) >= 11 is 0. The smallest absolute Gasteiger partial charge is 0.224 e. The minimum absolute atomic E-state index is 0.0988. The number of carbonyl (C=O) groups is 1. The van der Waals surface area contributed by atoms with Crippen molar-refractivity contribution < 1.29 is 14.6 Å². The molecule has 1 amide bonds. The van der Waals surface area contributed by atoms with Crippen LogP contribution >= 0.6 is 0 Å². The first-order valence-corrected chi connectivity index (χ1v) is 6.89. The lowest BCUT2D eigenvalue weighted by Gasteiger charge is -2.23. The molecule has 18 heavy (non-hydrogen) atoms. The molecule has 1 atom stereocenters. The van der Waals surface area contributed by atoms with Crippen molar-refractivity contribution in [2.75, 3.05) is 32.8 Å². The molecule has 0 aromatic carbocycles. The van der Waals surface area contributed by atoms with Gasteiger partial charge in [-0.25, -0.2) is 0 Å². The van der Waals surface area contributed by atoms with Crippen LogP contribution in [0, 0.1) is 0 Å². The van der Waals surface area contributed by atoms with E-state index < -0.39 is 5.60 Å². The van der Waals surface area contributed by atoms with Gasteiger partial charge < -0.3 is 20.1 Å². The van der Waals surface area contributed by atoms with E-state index in [0.29, 0.717) is 38.6 Å². The Morgan fingerprint density at radius 1 is 1.50 bits per heavy atom. The van der Waals surface area contributed by atoms with Crippen molar-refractivity contribution in [2.45, 2.75) is 44.3 Å². The zero-order valence-corrected chi connectivity index (χ0v) is 11.2. The second-order valence-corrected chi connectivity index (χ2v) is 5.63. The molecule has 2 aliphatic rings. The number of β-amino-alcohol motifs (C(OH)–C–C–N with tert-alkyl or cyclic N) is 1. The summed E-state index contributed by atoms with van der Waals surface area (Å²) in [5, 5.41) is 13.1. The number of hydrogen-bond acceptors (Lipinski definition) is 4. The molecule has 0 aliphatic carbocycles. The Labute approximate surface area is 108 Å². The third kappa shape index (κ3) is 3.93. The van der Waals surface area contributed by atoms with Crippen LogP contribution in [0.15, 0.2) is 0 Å². The molecule has 2 N–H and O–H groups in total. The molecule has 2 heterocycles. The van der Waals surface area contributed by atoms with Gasteiger partial charge in [0.25, 0.3) is 0 Å². The van der Waals surface area contributed by atoms with Crippen LogP contribution in [-0.2, 0) is 9.53 Å². The second kappa shape index (κ2) is 5.99. The Kier molecular flexibility index (Phi) is 4.59. The van der Waals surface area contributed by atoms with Crippen LogP contribution in [0.2, 0.25) is 0 Å². The first kappa shape index (κ1) is 13.8. The van der Waals surface area contributed by atoms with E-state index in [1.807, 2.05) is 0 Å². The monoisotopic (exact) mass is 256 g/mol. The van der Waals surface area contributed by atoms with Gasteiger partial charge in [-0.05, 0) is 39.3 Å². The van der Waals surface area contributed by atoms with E-state index in [9.17, 15) is 9.90 Å². The number of nitrogens with one attached hydrogen (secondary N) is 1. The summed E-state index contributed by atoms with van der Waals surface area (Å²) in [6.45, 7) is 5.42. The second-order valence-electron chi connectivity index (χ2n) is 5.63. The van der Waals surface area contributed by atoms with Crippen molar-refractivity contribution in [3.05, 3.63) is 0 Å². The summed E-state index contributed by atoms with van der Waals surface area (Å²) in [6.07, 6.45) is 3.48. The van der Waals surface area contributed by atoms with E-state index >= 15 is 0 Å². The highest BCUT2D eigenvalue weighted by Gasteiger charge is 2.33. The largest absolute Gasteiger partial charge is 0.388 e. The number of piperidine rings is 1. The summed E-state index contributed by atoms with van der Waals surface area (Å²) < 4.78 is 5.72. The summed E-state index contributed by atoms with van der Waals surface area (Å²) in [7, 11) is 0. The van der Waals surface area contributed by atoms with Crippen LogP contribution in [0.3, 0.4) is 0 Å². The Morgan fingerprint density at radius 3 is 2.83 bits per heavy atom. The predicted molar refractivity (Wildman–Crippen MR) is 68.3 cm³/mol. The van der Waals surface area contributed by atoms with Gasteiger partial charge in [0.1, 0.15) is 0 Å². The molecular formula is C13H24N2O3. The van der Waals surface area contributed by atoms with Crippen LogP contribution in [-0.4, -0.2) is 60.4 Å². The average Bonchev–Trinajstić information content (AvgIpc) is 2.71. The summed E-state index contributed by atoms with van der Waals surface area (Å²) in [5.41, 5.74) is -0.703. The first-order valence-electron chi connectivity index (χ1n) is 6.89. The van der Waals surface area contributed by atoms with Gasteiger partial charge >= 0.3 is 0 Å². The number of carbonyl (C=O) groups excluding carboxylic acids is 1. The van der Waals surface area contributed by atoms with Crippen LogP contribution in [0.25, 0.3) is 0 Å². The molecule has 2 aliphatic heterocycles. The molecule has 0 radical (unpaired) electrons. The van der Waals surface area contributed by atoms with Crippen LogP contribution in [0.5, 0.6) is 0 Å². The Bertz CT molecular complexity index is 288. The minimum atomic E-state index is -0.703. The number of likely N-dealkylation sites (tertiary alicyclic amines) is 1. The highest BCUT2D eigenvalue weighted by molar-refractivity contribution is 5.76. The number of ether oxygens (including phenoxy) is 1. The van der Waals surface area contributed by atoms with Crippen molar-refractivity contribution in [3.8, 4) is 0 Å². The summed E-state index contributed by atoms with van der Waals surface area (Å²) in [4.78, 5) is 13.6. The molecule has 2 saturated heterocycles. The zero-order valence-electron chi connectivity index (χ0n) is 11.2. The van der Waals surface area contributed by atoms with Crippen LogP contribution in [0.4, 0.5) is 0 Å². The molecule has 0 aromatic heterocycles. The van der Waals surface area contributed by atoms with E-state index in [-0.39, 0.29) is 5.91 Å². The normalized spacial score (nSPS) is 29.8. The lowest BCUT2D eigenvalue weighted by molar-refractivity contribution is -0.132. The molecule has 0 spiro atoms. The number of aliphatic hydroxyl groups is 1. The third-order valence-electron chi connectivity index (χ3n) is 3.76. The van der Waals surface area contributed by atoms with Crippen molar-refractivity contribution in [2.24, 2.45) is 0 Å². The van der Waals surface area contributed by atoms with Gasteiger partial charge in [-0.2, -0.15) is 0 Å². The quantitative estimate of drug-likeness (QED) is 0.750. The Balaban J connectivity index is 1.63. The molecule has 0 aromatic rings. The molecule has 2 rings (SSSR count). The number of hydrogen-bond donors (Lipinski definition) is 2. The highest BCUT2D eigenvalue weighted by atomic mass is 16.5. The van der Waals surface area contributed by atoms with E-state index in [1.54, 1.807) is 11.8 Å². The fourth-order valence-electron chi connectivity index (χ4n) is 2.59. The standard InChI is InChI=1S/C13H24N2O3/c1-13(17)5-8-15(10-13)12(16)4-9-18-11-2-6-14-7-3-11/h11,14,17H,2-10H2,1H3. The maximum Gasteiger partial charge on any atom is 0.224 e. The van der Waals surface area contributed by atoms with E-state index in [4.69, 9.17) is 4.74 Å². The molecule has 5 nitrogen and oxygen atoms in total. The molecule has 104 valence electrons. The van der Waals surface area contributed by atoms with Gasteiger partial charge in [-0.3, -0.25) is 4.79 Å². The molecule has 0 bridgehead atoms. The number of rotatable bonds is 4. The SMILES string of the molecule is CC1(O)CCN(C(=O)CCOC2CCNCC2)C1. The number of nitrogens with zero attached hydrogens (tertiary/aromatic N) is 1. The van der Waals surface area contributed by atoms with Crippen LogP contribution in [0.1, 0.15) is 32.6 Å². The Hall–Kier alpha value is -0.650. The maximum absolute atomic E-state index is 11.9. The van der Waals surface area contributed by atoms with E-state index in [2.05, 4.69) is 5.32 Å². The fourth-order valence-corrected chi connectivity index (χ4v) is 2.59. The van der Waals surface area contributed by atoms with Crippen molar-refractivity contribution in [3.63, 3.8) is 0 Å². The van der Waals surface area contributed by atoms with Crippen molar-refractivity contribution in [1.29, 1.82) is 0 Å². The van der Waals surface area contributed by atoms with Crippen molar-refractivity contribution >= 4 is 5.91 Å². The molecule has 1 unspecified atom stereocenters. The molecule has 0 saturated carbocycles. The maximum atomic E-state index is 11.9. The topological polar surface area (TPSA) is 61.8 Å². The van der Waals surface area contributed by atoms with E-state index in [1.165, 1.54) is 0 Å². The molecule has 5 heteroatoms. The Morgan fingerprint density at radius 2 is 2.22 bits per heavy atom. The van der Waals surface area contributed by atoms with Gasteiger partial charge in [0.05, 0.1) is 24.7 Å². The molecule has 2 fully saturated rings. The van der Waals surface area contributed by atoms with Crippen LogP contribution < -0.4 is 5.32 Å². The summed E-state index contributed by atoms with van der Waals surface area (Å²) in [5.74, 6) is 0.0988. The minimum Gasteiger partial charge on any atom is -0.388 e. The first-order chi connectivity index (χ1) is 8.57. The summed E-state index contributed by atoms with van der Waals surface area (Å²) in [6, 6.07) is 0. The predicted octanol–water partition coefficient (Wildman–Crippen LogP) is 0.128. The number of amides is 1. The van der Waals surface area contributed by atoms with Gasteiger partial charge in [-0.1, -0.05) is 0 Å². The third-order valence-corrected chi connectivity index (χ3v) is 3.76. The lowest BCUT2D eigenvalue weighted by Crippen LogP contribution is -2.35. The van der Waals surface area contributed by atoms with Crippen molar-refractivity contribution in [1.82, 2.24) is 10.2 Å². The highest BCUT2D eigenvalue weighted by Crippen LogP contribution is 2.20. The van der Waals surface area contributed by atoms with Gasteiger partial charge in [0.2, 0.25) is 5.91 Å². The lowest BCUT2D eigenvalue weighted by atomic mass is 10.1. The average molecular weight is 256 g/mol. The van der Waals surface area contributed by atoms with Gasteiger partial charge in [0, 0.05) is 13.1 Å². The fraction of sp³-hybridized carbons (Fsp3) is 0.923. The van der Waals surface area contributed by atoms with E-state index in [0.717, 1.165) is 25.9 Å². The molecular weight excluding hydrogens is 232 g/mol.